The number of para-hydroxylation sites is 2. The number of fused-ring (bicyclic) bond motifs is 1. The minimum absolute atomic E-state index is 0.137. The van der Waals surface area contributed by atoms with Crippen LogP contribution in [0.15, 0.2) is 72.8 Å². The zero-order valence-corrected chi connectivity index (χ0v) is 15.2. The smallest absolute Gasteiger partial charge is 0.255 e. The van der Waals surface area contributed by atoms with Crippen LogP contribution in [-0.4, -0.2) is 30.0 Å². The van der Waals surface area contributed by atoms with Gasteiger partial charge in [0, 0.05) is 36.6 Å². The Labute approximate surface area is 157 Å². The highest BCUT2D eigenvalue weighted by atomic mass is 16.1. The van der Waals surface area contributed by atoms with E-state index in [2.05, 4.69) is 15.3 Å². The first-order valence-electron chi connectivity index (χ1n) is 8.74. The van der Waals surface area contributed by atoms with Gasteiger partial charge in [-0.15, -0.1) is 0 Å². The van der Waals surface area contributed by atoms with Crippen molar-refractivity contribution in [3.8, 4) is 11.4 Å². The molecule has 2 N–H and O–H groups in total. The summed E-state index contributed by atoms with van der Waals surface area (Å²) in [5.41, 5.74) is 5.24. The number of amides is 1. The Morgan fingerprint density at radius 1 is 0.963 bits per heavy atom. The molecular weight excluding hydrogens is 336 g/mol. The number of benzene rings is 3. The highest BCUT2D eigenvalue weighted by Gasteiger charge is 2.09. The molecule has 27 heavy (non-hydrogen) atoms. The molecule has 1 aromatic heterocycles. The molecule has 5 nitrogen and oxygen atoms in total. The Balaban J connectivity index is 1.56. The van der Waals surface area contributed by atoms with Crippen LogP contribution in [0.2, 0.25) is 0 Å². The molecule has 0 fully saturated rings. The molecule has 4 rings (SSSR count). The molecule has 5 heteroatoms. The van der Waals surface area contributed by atoms with Crippen molar-refractivity contribution in [1.82, 2.24) is 9.97 Å². The van der Waals surface area contributed by atoms with Gasteiger partial charge < -0.3 is 15.2 Å². The van der Waals surface area contributed by atoms with Crippen LogP contribution in [0.1, 0.15) is 10.4 Å². The van der Waals surface area contributed by atoms with E-state index in [4.69, 9.17) is 0 Å². The molecule has 0 spiro atoms. The van der Waals surface area contributed by atoms with E-state index in [1.54, 1.807) is 0 Å². The number of nitrogens with one attached hydrogen (secondary N) is 2. The lowest BCUT2D eigenvalue weighted by molar-refractivity contribution is 0.102. The van der Waals surface area contributed by atoms with Crippen LogP contribution in [0.5, 0.6) is 0 Å². The molecule has 1 amide bonds. The number of carbonyl (C=O) groups is 1. The van der Waals surface area contributed by atoms with Crippen LogP contribution in [0.4, 0.5) is 11.4 Å². The quantitative estimate of drug-likeness (QED) is 0.564. The number of imidazole rings is 1. The Hall–Kier alpha value is -3.60. The molecule has 0 saturated carbocycles. The standard InChI is InChI=1S/C22H20N4O/c1-26(2)18-12-10-15(11-13-18)22(27)23-17-7-5-6-16(14-17)21-24-19-8-3-4-9-20(19)25-21/h3-14H,1-2H3,(H,23,27)(H,24,25). The summed E-state index contributed by atoms with van der Waals surface area (Å²) in [6, 6.07) is 23.1. The predicted octanol–water partition coefficient (Wildman–Crippen LogP) is 4.55. The van der Waals surface area contributed by atoms with Crippen LogP contribution >= 0.6 is 0 Å². The van der Waals surface area contributed by atoms with Gasteiger partial charge in [0.1, 0.15) is 5.82 Å². The average molecular weight is 356 g/mol. The zero-order valence-electron chi connectivity index (χ0n) is 15.2. The number of anilines is 2. The van der Waals surface area contributed by atoms with Crippen molar-refractivity contribution in [2.75, 3.05) is 24.3 Å². The number of hydrogen-bond acceptors (Lipinski definition) is 3. The molecule has 0 bridgehead atoms. The second kappa shape index (κ2) is 6.96. The molecule has 0 aliphatic heterocycles. The third kappa shape index (κ3) is 3.53. The minimum atomic E-state index is -0.137. The van der Waals surface area contributed by atoms with Gasteiger partial charge in [-0.2, -0.15) is 0 Å². The van der Waals surface area contributed by atoms with Crippen molar-refractivity contribution in [2.24, 2.45) is 0 Å². The van der Waals surface area contributed by atoms with Gasteiger partial charge in [0.25, 0.3) is 5.91 Å². The van der Waals surface area contributed by atoms with Gasteiger partial charge in [0.05, 0.1) is 11.0 Å². The lowest BCUT2D eigenvalue weighted by atomic mass is 10.1. The molecular formula is C22H20N4O. The minimum Gasteiger partial charge on any atom is -0.378 e. The summed E-state index contributed by atoms with van der Waals surface area (Å²) in [5.74, 6) is 0.643. The lowest BCUT2D eigenvalue weighted by Crippen LogP contribution is -2.13. The van der Waals surface area contributed by atoms with Gasteiger partial charge in [-0.25, -0.2) is 4.98 Å². The number of aromatic nitrogens is 2. The van der Waals surface area contributed by atoms with E-state index in [1.165, 1.54) is 0 Å². The monoisotopic (exact) mass is 356 g/mol. The number of rotatable bonds is 4. The molecule has 0 atom stereocenters. The molecule has 0 aliphatic carbocycles. The highest BCUT2D eigenvalue weighted by Crippen LogP contribution is 2.23. The average Bonchev–Trinajstić information content (AvgIpc) is 3.12. The topological polar surface area (TPSA) is 61.0 Å². The summed E-state index contributed by atoms with van der Waals surface area (Å²) in [6.45, 7) is 0. The largest absolute Gasteiger partial charge is 0.378 e. The fraction of sp³-hybridized carbons (Fsp3) is 0.0909. The van der Waals surface area contributed by atoms with Crippen molar-refractivity contribution in [2.45, 2.75) is 0 Å². The first-order chi connectivity index (χ1) is 13.1. The van der Waals surface area contributed by atoms with Crippen molar-refractivity contribution in [3.05, 3.63) is 78.4 Å². The number of hydrogen-bond donors (Lipinski definition) is 2. The maximum absolute atomic E-state index is 12.5. The fourth-order valence-corrected chi connectivity index (χ4v) is 2.95. The molecule has 0 aliphatic rings. The van der Waals surface area contributed by atoms with Gasteiger partial charge in [-0.3, -0.25) is 4.79 Å². The summed E-state index contributed by atoms with van der Waals surface area (Å²) in [5, 5.41) is 2.96. The van der Waals surface area contributed by atoms with Gasteiger partial charge in [0.15, 0.2) is 0 Å². The number of nitrogens with zero attached hydrogens (tertiary/aromatic N) is 2. The van der Waals surface area contributed by atoms with Crippen molar-refractivity contribution in [1.29, 1.82) is 0 Å². The van der Waals surface area contributed by atoms with Crippen LogP contribution in [0.25, 0.3) is 22.4 Å². The summed E-state index contributed by atoms with van der Waals surface area (Å²) in [6.07, 6.45) is 0. The molecule has 0 unspecified atom stereocenters. The molecule has 4 aromatic rings. The zero-order chi connectivity index (χ0) is 18.8. The van der Waals surface area contributed by atoms with Crippen molar-refractivity contribution >= 4 is 28.3 Å². The molecule has 0 saturated heterocycles. The Bertz CT molecular complexity index is 1060. The first kappa shape index (κ1) is 16.8. The Kier molecular flexibility index (Phi) is 4.34. The molecule has 1 heterocycles. The fourth-order valence-electron chi connectivity index (χ4n) is 2.95. The number of carbonyl (C=O) groups excluding carboxylic acids is 1. The van der Waals surface area contributed by atoms with E-state index in [0.29, 0.717) is 5.56 Å². The van der Waals surface area contributed by atoms with Crippen LogP contribution in [-0.2, 0) is 0 Å². The summed E-state index contributed by atoms with van der Waals surface area (Å²) in [4.78, 5) is 22.5. The molecule has 0 radical (unpaired) electrons. The van der Waals surface area contributed by atoms with Crippen molar-refractivity contribution < 1.29 is 4.79 Å². The predicted molar refractivity (Wildman–Crippen MR) is 110 cm³/mol. The van der Waals surface area contributed by atoms with Gasteiger partial charge in [-0.05, 0) is 48.5 Å². The molecule has 134 valence electrons. The Morgan fingerprint density at radius 3 is 2.48 bits per heavy atom. The van der Waals surface area contributed by atoms with E-state index < -0.39 is 0 Å². The number of H-pyrrole nitrogens is 1. The molecule has 3 aromatic carbocycles. The summed E-state index contributed by atoms with van der Waals surface area (Å²) < 4.78 is 0. The van der Waals surface area contributed by atoms with Crippen LogP contribution < -0.4 is 10.2 Å². The number of aromatic amines is 1. The van der Waals surface area contributed by atoms with Crippen LogP contribution in [0.3, 0.4) is 0 Å². The van der Waals surface area contributed by atoms with E-state index in [-0.39, 0.29) is 5.91 Å². The van der Waals surface area contributed by atoms with E-state index >= 15 is 0 Å². The van der Waals surface area contributed by atoms with Crippen LogP contribution in [0, 0.1) is 0 Å². The third-order valence-electron chi connectivity index (χ3n) is 4.43. The SMILES string of the molecule is CN(C)c1ccc(C(=O)Nc2cccc(-c3nc4ccccc4[nH]3)c2)cc1. The van der Waals surface area contributed by atoms with Gasteiger partial charge in [0.2, 0.25) is 0 Å². The van der Waals surface area contributed by atoms with E-state index in [0.717, 1.165) is 33.8 Å². The summed E-state index contributed by atoms with van der Waals surface area (Å²) >= 11 is 0. The van der Waals surface area contributed by atoms with Crippen molar-refractivity contribution in [3.63, 3.8) is 0 Å². The second-order valence-electron chi connectivity index (χ2n) is 6.58. The lowest BCUT2D eigenvalue weighted by Gasteiger charge is -2.12. The third-order valence-corrected chi connectivity index (χ3v) is 4.43. The second-order valence-corrected chi connectivity index (χ2v) is 6.58. The first-order valence-corrected chi connectivity index (χ1v) is 8.74. The van der Waals surface area contributed by atoms with E-state index in [1.807, 2.05) is 91.8 Å². The Morgan fingerprint density at radius 2 is 1.74 bits per heavy atom. The van der Waals surface area contributed by atoms with Gasteiger partial charge in [-0.1, -0.05) is 24.3 Å². The summed E-state index contributed by atoms with van der Waals surface area (Å²) in [7, 11) is 3.94. The maximum atomic E-state index is 12.5. The van der Waals surface area contributed by atoms with Gasteiger partial charge >= 0.3 is 0 Å². The van der Waals surface area contributed by atoms with E-state index in [9.17, 15) is 4.79 Å². The maximum Gasteiger partial charge on any atom is 0.255 e. The highest BCUT2D eigenvalue weighted by molar-refractivity contribution is 6.04. The normalized spacial score (nSPS) is 10.7.